The molecule has 1 saturated heterocycles. The molecule has 82 heavy (non-hydrogen) atoms. The molecule has 1 aromatic rings. The summed E-state index contributed by atoms with van der Waals surface area (Å²) in [4.78, 5) is 117. The summed E-state index contributed by atoms with van der Waals surface area (Å²) in [5.74, 6) is -4.81. The molecule has 0 aromatic heterocycles. The fraction of sp³-hybridized carbons (Fsp3) is 0.766. The van der Waals surface area contributed by atoms with E-state index in [0.717, 1.165) is 31.2 Å². The lowest BCUT2D eigenvalue weighted by molar-refractivity contribution is -0.145. The number of hydrogen-bond acceptors (Lipinski definition) is 10. The molecule has 2 rings (SSSR count). The third-order valence-corrected chi connectivity index (χ3v) is 15.2. The second kappa shape index (κ2) is 50.0. The smallest absolute Gasteiger partial charge is 0.325 e. The molecule has 0 radical (unpaired) electrons. The number of rotatable bonds is 52. The number of hydrogen-bond donors (Lipinski definition) is 6. The lowest BCUT2D eigenvalue weighted by Crippen LogP contribution is -2.51. The van der Waals surface area contributed by atoms with E-state index in [1.54, 1.807) is 12.1 Å². The maximum atomic E-state index is 13.5. The van der Waals surface area contributed by atoms with Crippen molar-refractivity contribution in [3.8, 4) is 0 Å². The highest BCUT2D eigenvalue weighted by molar-refractivity contribution is 5.94. The molecule has 1 heterocycles. The zero-order valence-electron chi connectivity index (χ0n) is 51.0. The van der Waals surface area contributed by atoms with Gasteiger partial charge in [0.1, 0.15) is 19.2 Å². The molecule has 0 bridgehead atoms. The Kier molecular flexibility index (Phi) is 44.2. The highest BCUT2D eigenvalue weighted by Crippen LogP contribution is 2.19. The molecule has 18 nitrogen and oxygen atoms in total. The SMILES string of the molecule is CCCCCCCCCCCCCCCCCCN(CCCCCCCCCCCCCCCCCC)C(=O)CCC(=O)NCC(=O)NCC(=O)NCC(=O)N1CCC[C@H]1C(=O)NCC(=O)NCC(=O)NCC(=O)OCc1ccccc1. The van der Waals surface area contributed by atoms with E-state index >= 15 is 0 Å². The van der Waals surface area contributed by atoms with Crippen LogP contribution in [-0.2, 0) is 54.5 Å². The Morgan fingerprint density at radius 3 is 1.23 bits per heavy atom. The highest BCUT2D eigenvalue weighted by atomic mass is 16.5. The lowest BCUT2D eigenvalue weighted by Gasteiger charge is -2.24. The van der Waals surface area contributed by atoms with Gasteiger partial charge in [0, 0.05) is 32.5 Å². The zero-order chi connectivity index (χ0) is 59.5. The average molecular weight is 1150 g/mol. The number of nitrogens with one attached hydrogen (secondary N) is 6. The monoisotopic (exact) mass is 1150 g/mol. The molecule has 8 amide bonds. The van der Waals surface area contributed by atoms with Crippen molar-refractivity contribution < 1.29 is 47.9 Å². The van der Waals surface area contributed by atoms with E-state index in [2.05, 4.69) is 45.7 Å². The largest absolute Gasteiger partial charge is 0.460 e. The first-order valence-electron chi connectivity index (χ1n) is 32.3. The van der Waals surface area contributed by atoms with Crippen LogP contribution >= 0.6 is 0 Å². The Labute approximate surface area is 493 Å². The van der Waals surface area contributed by atoms with Crippen LogP contribution in [0.5, 0.6) is 0 Å². The molecule has 1 aliphatic heterocycles. The molecule has 1 aliphatic rings. The van der Waals surface area contributed by atoms with Crippen molar-refractivity contribution in [2.45, 2.75) is 258 Å². The molecule has 1 aromatic carbocycles. The third-order valence-electron chi connectivity index (χ3n) is 15.2. The zero-order valence-corrected chi connectivity index (χ0v) is 51.0. The Hall–Kier alpha value is -5.55. The average Bonchev–Trinajstić information content (AvgIpc) is 3.99. The second-order valence-corrected chi connectivity index (χ2v) is 22.5. The van der Waals surface area contributed by atoms with Gasteiger partial charge in [-0.1, -0.05) is 237 Å². The van der Waals surface area contributed by atoms with Gasteiger partial charge in [-0.2, -0.15) is 0 Å². The minimum Gasteiger partial charge on any atom is -0.460 e. The van der Waals surface area contributed by atoms with Gasteiger partial charge in [-0.05, 0) is 31.2 Å². The molecule has 0 spiro atoms. The van der Waals surface area contributed by atoms with Crippen molar-refractivity contribution in [3.05, 3.63) is 35.9 Å². The summed E-state index contributed by atoms with van der Waals surface area (Å²) in [5.41, 5.74) is 0.792. The number of carbonyl (C=O) groups is 9. The number of unbranched alkanes of at least 4 members (excludes halogenated alkanes) is 30. The summed E-state index contributed by atoms with van der Waals surface area (Å²) in [6.45, 7) is 3.65. The van der Waals surface area contributed by atoms with Crippen molar-refractivity contribution in [2.75, 3.05) is 58.9 Å². The Bertz CT molecular complexity index is 1890. The number of esters is 1. The first-order chi connectivity index (χ1) is 39.9. The fourth-order valence-electron chi connectivity index (χ4n) is 10.2. The Balaban J connectivity index is 1.64. The van der Waals surface area contributed by atoms with Crippen LogP contribution in [0.15, 0.2) is 30.3 Å². The highest BCUT2D eigenvalue weighted by Gasteiger charge is 2.34. The van der Waals surface area contributed by atoms with E-state index in [9.17, 15) is 43.2 Å². The van der Waals surface area contributed by atoms with Gasteiger partial charge in [0.15, 0.2) is 0 Å². The van der Waals surface area contributed by atoms with E-state index < -0.39 is 79.5 Å². The molecule has 0 saturated carbocycles. The van der Waals surface area contributed by atoms with Gasteiger partial charge in [-0.25, -0.2) is 0 Å². The van der Waals surface area contributed by atoms with Crippen molar-refractivity contribution in [2.24, 2.45) is 0 Å². The molecule has 0 aliphatic carbocycles. The third kappa shape index (κ3) is 39.8. The fourth-order valence-corrected chi connectivity index (χ4v) is 10.2. The van der Waals surface area contributed by atoms with Crippen LogP contribution in [0.4, 0.5) is 0 Å². The predicted octanol–water partition coefficient (Wildman–Crippen LogP) is 9.55. The van der Waals surface area contributed by atoms with E-state index in [0.29, 0.717) is 25.9 Å². The number of amides is 8. The minimum absolute atomic E-state index is 0.0479. The molecular weight excluding hydrogens is 1040 g/mol. The summed E-state index contributed by atoms with van der Waals surface area (Å²) in [6.07, 6.45) is 42.0. The van der Waals surface area contributed by atoms with Gasteiger partial charge in [-0.3, -0.25) is 43.2 Å². The summed E-state index contributed by atoms with van der Waals surface area (Å²) in [5, 5.41) is 14.6. The van der Waals surface area contributed by atoms with E-state index in [-0.39, 0.29) is 45.0 Å². The molecule has 1 fully saturated rings. The quantitative estimate of drug-likeness (QED) is 0.0267. The van der Waals surface area contributed by atoms with Crippen LogP contribution in [-0.4, -0.2) is 128 Å². The number of ether oxygens (including phenoxy) is 1. The first-order valence-corrected chi connectivity index (χ1v) is 32.3. The summed E-state index contributed by atoms with van der Waals surface area (Å²) in [7, 11) is 0. The molecule has 0 unspecified atom stereocenters. The topological polar surface area (TPSA) is 242 Å². The van der Waals surface area contributed by atoms with E-state index in [1.807, 2.05) is 23.1 Å². The van der Waals surface area contributed by atoms with Crippen molar-refractivity contribution in [1.82, 2.24) is 41.7 Å². The van der Waals surface area contributed by atoms with Gasteiger partial charge in [0.05, 0.1) is 32.7 Å². The number of carbonyl (C=O) groups excluding carboxylic acids is 9. The second-order valence-electron chi connectivity index (χ2n) is 22.5. The van der Waals surface area contributed by atoms with Gasteiger partial charge >= 0.3 is 5.97 Å². The maximum absolute atomic E-state index is 13.5. The Morgan fingerprint density at radius 1 is 0.439 bits per heavy atom. The van der Waals surface area contributed by atoms with Crippen LogP contribution in [0.2, 0.25) is 0 Å². The van der Waals surface area contributed by atoms with E-state index in [1.165, 1.54) is 185 Å². The van der Waals surface area contributed by atoms with Crippen LogP contribution < -0.4 is 31.9 Å². The molecular formula is C64H110N8O10. The number of nitrogens with zero attached hydrogens (tertiary/aromatic N) is 2. The maximum Gasteiger partial charge on any atom is 0.325 e. The number of benzene rings is 1. The number of likely N-dealkylation sites (tertiary alicyclic amines) is 1. The van der Waals surface area contributed by atoms with Gasteiger partial charge in [0.2, 0.25) is 47.3 Å². The summed E-state index contributed by atoms with van der Waals surface area (Å²) < 4.78 is 5.10. The van der Waals surface area contributed by atoms with E-state index in [4.69, 9.17) is 4.74 Å². The van der Waals surface area contributed by atoms with Gasteiger partial charge in [-0.15, -0.1) is 0 Å². The normalized spacial score (nSPS) is 12.8. The lowest BCUT2D eigenvalue weighted by atomic mass is 10.0. The van der Waals surface area contributed by atoms with Crippen LogP contribution in [0.3, 0.4) is 0 Å². The van der Waals surface area contributed by atoms with Gasteiger partial charge in [0.25, 0.3) is 0 Å². The van der Waals surface area contributed by atoms with Crippen LogP contribution in [0.1, 0.15) is 251 Å². The van der Waals surface area contributed by atoms with Gasteiger partial charge < -0.3 is 46.4 Å². The minimum atomic E-state index is -0.878. The molecule has 1 atom stereocenters. The van der Waals surface area contributed by atoms with Crippen LogP contribution in [0.25, 0.3) is 0 Å². The van der Waals surface area contributed by atoms with Crippen molar-refractivity contribution in [1.29, 1.82) is 0 Å². The van der Waals surface area contributed by atoms with Crippen LogP contribution in [0, 0.1) is 0 Å². The predicted molar refractivity (Wildman–Crippen MR) is 324 cm³/mol. The van der Waals surface area contributed by atoms with Crippen molar-refractivity contribution in [3.63, 3.8) is 0 Å². The summed E-state index contributed by atoms with van der Waals surface area (Å²) in [6, 6.07) is 8.16. The molecule has 466 valence electrons. The standard InChI is InChI=1S/C64H110N8O10/c1-3-5-7-9-11-13-15-17-19-21-23-25-27-29-31-36-44-71(45-37-32-30-28-26-24-22-20-18-16-14-12-10-8-6-4-2)61(78)43-42-56(73)65-47-57(74)66-48-58(75)68-51-62(79)72-46-38-41-55(72)64(81)70-50-60(77)67-49-59(76)69-52-63(80)82-53-54-39-34-33-35-40-54/h33-35,39-40,55H,3-32,36-38,41-53H2,1-2H3,(H,65,73)(H,66,74)(H,67,77)(H,68,75)(H,69,76)(H,70,81)/t55-/m0/s1. The summed E-state index contributed by atoms with van der Waals surface area (Å²) >= 11 is 0. The Morgan fingerprint density at radius 2 is 0.805 bits per heavy atom. The molecule has 6 N–H and O–H groups in total. The molecule has 18 heteroatoms. The first kappa shape index (κ1) is 72.6. The van der Waals surface area contributed by atoms with Crippen molar-refractivity contribution >= 4 is 53.2 Å².